The fraction of sp³-hybridized carbons (Fsp3) is 0.294. The zero-order chi connectivity index (χ0) is 14.6. The number of hydrogen-bond donors (Lipinski definition) is 2. The van der Waals surface area contributed by atoms with Gasteiger partial charge in [0.2, 0.25) is 0 Å². The Labute approximate surface area is 118 Å². The van der Waals surface area contributed by atoms with Crippen molar-refractivity contribution >= 4 is 0 Å². The van der Waals surface area contributed by atoms with Crippen LogP contribution in [0.1, 0.15) is 16.7 Å². The first-order valence-corrected chi connectivity index (χ1v) is 6.64. The number of aliphatic hydroxyl groups excluding tert-OH is 2. The van der Waals surface area contributed by atoms with Crippen LogP contribution < -0.4 is 0 Å². The van der Waals surface area contributed by atoms with Gasteiger partial charge in [0.1, 0.15) is 5.82 Å². The van der Waals surface area contributed by atoms with Crippen LogP contribution in [0.3, 0.4) is 0 Å². The molecule has 0 spiro atoms. The summed E-state index contributed by atoms with van der Waals surface area (Å²) in [6, 6.07) is 14.0. The molecule has 2 nitrogen and oxygen atoms in total. The van der Waals surface area contributed by atoms with Crippen molar-refractivity contribution in [3.8, 4) is 0 Å². The van der Waals surface area contributed by atoms with Crippen molar-refractivity contribution < 1.29 is 14.6 Å². The molecule has 2 aromatic rings. The number of aryl methyl sites for hydroxylation is 1. The van der Waals surface area contributed by atoms with Crippen molar-refractivity contribution in [3.63, 3.8) is 0 Å². The van der Waals surface area contributed by atoms with Crippen LogP contribution in [0.5, 0.6) is 0 Å². The molecule has 0 aliphatic rings. The third-order valence-corrected chi connectivity index (χ3v) is 3.81. The number of hydrogen-bond acceptors (Lipinski definition) is 2. The zero-order valence-electron chi connectivity index (χ0n) is 11.5. The Morgan fingerprint density at radius 2 is 1.55 bits per heavy atom. The Balaban J connectivity index is 2.46. The van der Waals surface area contributed by atoms with Gasteiger partial charge in [-0.05, 0) is 36.1 Å². The van der Waals surface area contributed by atoms with Crippen molar-refractivity contribution in [2.45, 2.75) is 18.8 Å². The molecule has 2 rings (SSSR count). The van der Waals surface area contributed by atoms with Crippen LogP contribution in [-0.2, 0) is 11.8 Å². The lowest BCUT2D eigenvalue weighted by Crippen LogP contribution is -2.38. The highest BCUT2D eigenvalue weighted by atomic mass is 19.1. The largest absolute Gasteiger partial charge is 0.395 e. The molecule has 0 saturated carbocycles. The number of aliphatic hydroxyl groups is 2. The summed E-state index contributed by atoms with van der Waals surface area (Å²) in [5.41, 5.74) is 1.46. The van der Waals surface area contributed by atoms with Crippen LogP contribution in [0, 0.1) is 12.7 Å². The van der Waals surface area contributed by atoms with E-state index in [1.807, 2.05) is 31.2 Å². The second-order valence-electron chi connectivity index (χ2n) is 5.18. The first kappa shape index (κ1) is 14.7. The van der Waals surface area contributed by atoms with E-state index in [1.165, 1.54) is 6.07 Å². The van der Waals surface area contributed by atoms with E-state index in [1.54, 1.807) is 18.2 Å². The molecule has 2 aromatic carbocycles. The molecule has 0 heterocycles. The topological polar surface area (TPSA) is 40.5 Å². The lowest BCUT2D eigenvalue weighted by molar-refractivity contribution is 0.115. The van der Waals surface area contributed by atoms with Crippen LogP contribution in [-0.4, -0.2) is 23.4 Å². The molecule has 20 heavy (non-hydrogen) atoms. The fourth-order valence-corrected chi connectivity index (χ4v) is 2.60. The van der Waals surface area contributed by atoms with Gasteiger partial charge in [0, 0.05) is 5.41 Å². The number of rotatable bonds is 5. The van der Waals surface area contributed by atoms with E-state index in [-0.39, 0.29) is 25.5 Å². The van der Waals surface area contributed by atoms with Crippen molar-refractivity contribution in [1.29, 1.82) is 0 Å². The predicted molar refractivity (Wildman–Crippen MR) is 77.1 cm³/mol. The first-order valence-electron chi connectivity index (χ1n) is 6.64. The van der Waals surface area contributed by atoms with Crippen molar-refractivity contribution in [3.05, 3.63) is 71.0 Å². The molecule has 0 bridgehead atoms. The van der Waals surface area contributed by atoms with Crippen LogP contribution in [0.2, 0.25) is 0 Å². The average Bonchev–Trinajstić information content (AvgIpc) is 2.48. The number of benzene rings is 2. The third-order valence-electron chi connectivity index (χ3n) is 3.81. The molecule has 0 fully saturated rings. The second-order valence-corrected chi connectivity index (χ2v) is 5.18. The summed E-state index contributed by atoms with van der Waals surface area (Å²) < 4.78 is 13.8. The lowest BCUT2D eigenvalue weighted by Gasteiger charge is -2.32. The van der Waals surface area contributed by atoms with Crippen LogP contribution in [0.15, 0.2) is 48.5 Å². The monoisotopic (exact) mass is 274 g/mol. The minimum Gasteiger partial charge on any atom is -0.395 e. The summed E-state index contributed by atoms with van der Waals surface area (Å²) in [6.07, 6.45) is 0.261. The van der Waals surface area contributed by atoms with Crippen LogP contribution in [0.4, 0.5) is 4.39 Å². The first-order chi connectivity index (χ1) is 9.63. The molecule has 0 amide bonds. The smallest absolute Gasteiger partial charge is 0.126 e. The zero-order valence-corrected chi connectivity index (χ0v) is 11.5. The Kier molecular flexibility index (Phi) is 4.53. The predicted octanol–water partition coefficient (Wildman–Crippen LogP) is 2.60. The molecule has 3 heteroatoms. The van der Waals surface area contributed by atoms with Gasteiger partial charge in [-0.25, -0.2) is 4.39 Å². The van der Waals surface area contributed by atoms with Crippen LogP contribution >= 0.6 is 0 Å². The lowest BCUT2D eigenvalue weighted by atomic mass is 9.75. The molecule has 0 aliphatic carbocycles. The average molecular weight is 274 g/mol. The molecular weight excluding hydrogens is 255 g/mol. The van der Waals surface area contributed by atoms with Crippen LogP contribution in [0.25, 0.3) is 0 Å². The molecule has 0 radical (unpaired) electrons. The van der Waals surface area contributed by atoms with E-state index in [4.69, 9.17) is 0 Å². The Bertz CT molecular complexity index is 577. The highest BCUT2D eigenvalue weighted by Crippen LogP contribution is 2.31. The Hall–Kier alpha value is -1.71. The molecule has 0 aliphatic heterocycles. The van der Waals surface area contributed by atoms with Gasteiger partial charge in [0.15, 0.2) is 0 Å². The minimum atomic E-state index is -0.868. The Morgan fingerprint density at radius 3 is 2.15 bits per heavy atom. The number of halogens is 1. The fourth-order valence-electron chi connectivity index (χ4n) is 2.60. The van der Waals surface area contributed by atoms with E-state index >= 15 is 0 Å². The van der Waals surface area contributed by atoms with Gasteiger partial charge in [-0.15, -0.1) is 0 Å². The minimum absolute atomic E-state index is 0.233. The second kappa shape index (κ2) is 6.16. The van der Waals surface area contributed by atoms with Crippen molar-refractivity contribution in [1.82, 2.24) is 0 Å². The summed E-state index contributed by atoms with van der Waals surface area (Å²) in [6.45, 7) is 1.46. The molecule has 0 atom stereocenters. The third kappa shape index (κ3) is 2.74. The highest BCUT2D eigenvalue weighted by molar-refractivity contribution is 5.36. The maximum absolute atomic E-state index is 13.8. The summed E-state index contributed by atoms with van der Waals surface area (Å²) in [4.78, 5) is 0. The van der Waals surface area contributed by atoms with E-state index in [9.17, 15) is 14.6 Å². The summed E-state index contributed by atoms with van der Waals surface area (Å²) in [5.74, 6) is -0.313. The molecular formula is C17H19FO2. The van der Waals surface area contributed by atoms with E-state index < -0.39 is 5.41 Å². The summed E-state index contributed by atoms with van der Waals surface area (Å²) in [5, 5.41) is 19.6. The van der Waals surface area contributed by atoms with Gasteiger partial charge < -0.3 is 10.2 Å². The molecule has 0 unspecified atom stereocenters. The molecule has 0 saturated heterocycles. The van der Waals surface area contributed by atoms with E-state index in [2.05, 4.69) is 0 Å². The normalized spacial score (nSPS) is 11.6. The quantitative estimate of drug-likeness (QED) is 0.880. The van der Waals surface area contributed by atoms with Crippen molar-refractivity contribution in [2.75, 3.05) is 13.2 Å². The van der Waals surface area contributed by atoms with Gasteiger partial charge in [-0.2, -0.15) is 0 Å². The Morgan fingerprint density at radius 1 is 0.950 bits per heavy atom. The maximum Gasteiger partial charge on any atom is 0.126 e. The van der Waals surface area contributed by atoms with Gasteiger partial charge in [0.25, 0.3) is 0 Å². The van der Waals surface area contributed by atoms with E-state index in [0.717, 1.165) is 11.1 Å². The maximum atomic E-state index is 13.8. The highest BCUT2D eigenvalue weighted by Gasteiger charge is 2.33. The summed E-state index contributed by atoms with van der Waals surface area (Å²) >= 11 is 0. The SMILES string of the molecule is Cc1ccccc1C(CO)(CO)Cc1ccccc1F. The van der Waals surface area contributed by atoms with E-state index in [0.29, 0.717) is 5.56 Å². The van der Waals surface area contributed by atoms with Gasteiger partial charge in [-0.3, -0.25) is 0 Å². The standard InChI is InChI=1S/C17H19FO2/c1-13-6-2-4-8-15(13)17(11-19,12-20)10-14-7-3-5-9-16(14)18/h2-9,19-20H,10-12H2,1H3. The van der Waals surface area contributed by atoms with Gasteiger partial charge in [0.05, 0.1) is 13.2 Å². The van der Waals surface area contributed by atoms with Gasteiger partial charge in [-0.1, -0.05) is 42.5 Å². The summed E-state index contributed by atoms with van der Waals surface area (Å²) in [7, 11) is 0. The van der Waals surface area contributed by atoms with Gasteiger partial charge >= 0.3 is 0 Å². The molecule has 0 aromatic heterocycles. The molecule has 2 N–H and O–H groups in total. The van der Waals surface area contributed by atoms with Crippen molar-refractivity contribution in [2.24, 2.45) is 0 Å². The molecule has 106 valence electrons.